The SMILES string of the molecule is CC(C)S(=O)(=O)c1cccc(OCC(O)CNC(=O)O[C@H]2COC3(CCN(S(=O)(=O)c4c[nH]c5c(F)cccc5c4=O)CC3)C2)c1. The number of carbonyl (C=O) groups is 1. The number of ether oxygens (including phenoxy) is 3. The van der Waals surface area contributed by atoms with Crippen LogP contribution < -0.4 is 15.5 Å². The van der Waals surface area contributed by atoms with Crippen molar-refractivity contribution in [1.29, 1.82) is 0 Å². The number of hydrogen-bond donors (Lipinski definition) is 3. The molecule has 3 aromatic rings. The highest BCUT2D eigenvalue weighted by molar-refractivity contribution is 7.92. The number of benzene rings is 2. The summed E-state index contributed by atoms with van der Waals surface area (Å²) in [5.74, 6) is -0.401. The molecule has 2 aliphatic rings. The Morgan fingerprint density at radius 1 is 1.17 bits per heavy atom. The van der Waals surface area contributed by atoms with Crippen LogP contribution in [0.15, 0.2) is 63.2 Å². The molecule has 0 bridgehead atoms. The number of aliphatic hydroxyl groups excluding tert-OH is 1. The van der Waals surface area contributed by atoms with Gasteiger partial charge < -0.3 is 29.6 Å². The van der Waals surface area contributed by atoms with Crippen LogP contribution in [-0.2, 0) is 29.3 Å². The highest BCUT2D eigenvalue weighted by atomic mass is 32.2. The van der Waals surface area contributed by atoms with Crippen molar-refractivity contribution in [3.05, 3.63) is 64.7 Å². The average Bonchev–Trinajstić information content (AvgIpc) is 3.40. The molecule has 5 rings (SSSR count). The van der Waals surface area contributed by atoms with Crippen molar-refractivity contribution in [3.8, 4) is 5.75 Å². The van der Waals surface area contributed by atoms with Gasteiger partial charge in [0.05, 0.1) is 34.4 Å². The van der Waals surface area contributed by atoms with Crippen LogP contribution in [0, 0.1) is 5.82 Å². The third-order valence-corrected chi connectivity index (χ3v) is 12.3. The van der Waals surface area contributed by atoms with Gasteiger partial charge in [0, 0.05) is 31.1 Å². The van der Waals surface area contributed by atoms with Crippen LogP contribution in [0.2, 0.25) is 0 Å². The zero-order valence-corrected chi connectivity index (χ0v) is 26.9. The first-order valence-corrected chi connectivity index (χ1v) is 17.7. The Morgan fingerprint density at radius 3 is 2.61 bits per heavy atom. The average molecular weight is 682 g/mol. The summed E-state index contributed by atoms with van der Waals surface area (Å²) in [6.07, 6.45) is -0.506. The monoisotopic (exact) mass is 681 g/mol. The zero-order valence-electron chi connectivity index (χ0n) is 25.3. The zero-order chi connectivity index (χ0) is 33.3. The van der Waals surface area contributed by atoms with Crippen molar-refractivity contribution in [2.75, 3.05) is 32.8 Å². The van der Waals surface area contributed by atoms with Crippen molar-refractivity contribution >= 4 is 36.9 Å². The number of aromatic nitrogens is 1. The second kappa shape index (κ2) is 13.3. The topological polar surface area (TPSA) is 181 Å². The molecule has 3 heterocycles. The van der Waals surface area contributed by atoms with Crippen molar-refractivity contribution in [3.63, 3.8) is 0 Å². The molecule has 1 unspecified atom stereocenters. The number of pyridine rings is 1. The first-order chi connectivity index (χ1) is 21.7. The van der Waals surface area contributed by atoms with Crippen LogP contribution in [0.1, 0.15) is 33.1 Å². The number of sulfone groups is 1. The molecule has 1 aromatic heterocycles. The lowest BCUT2D eigenvalue weighted by Crippen LogP contribution is -2.47. The molecule has 1 spiro atoms. The van der Waals surface area contributed by atoms with E-state index in [1.54, 1.807) is 26.0 Å². The Morgan fingerprint density at radius 2 is 1.89 bits per heavy atom. The van der Waals surface area contributed by atoms with E-state index in [4.69, 9.17) is 14.2 Å². The highest BCUT2D eigenvalue weighted by Gasteiger charge is 2.46. The Kier molecular flexibility index (Phi) is 9.75. The molecular weight excluding hydrogens is 645 g/mol. The van der Waals surface area contributed by atoms with Gasteiger partial charge in [-0.2, -0.15) is 4.31 Å². The lowest BCUT2D eigenvalue weighted by molar-refractivity contribution is -0.0325. The summed E-state index contributed by atoms with van der Waals surface area (Å²) in [7, 11) is -7.66. The van der Waals surface area contributed by atoms with Gasteiger partial charge >= 0.3 is 6.09 Å². The number of nitrogens with zero attached hydrogens (tertiary/aromatic N) is 1. The van der Waals surface area contributed by atoms with Gasteiger partial charge in [0.15, 0.2) is 9.84 Å². The lowest BCUT2D eigenvalue weighted by atomic mass is 9.89. The van der Waals surface area contributed by atoms with Gasteiger partial charge in [-0.1, -0.05) is 12.1 Å². The Bertz CT molecular complexity index is 1870. The fraction of sp³-hybridized carbons (Fsp3) is 0.467. The molecule has 0 radical (unpaired) electrons. The number of para-hydroxylation sites is 1. The van der Waals surface area contributed by atoms with Crippen molar-refractivity contribution < 1.29 is 45.3 Å². The number of fused-ring (bicyclic) bond motifs is 1. The predicted molar refractivity (Wildman–Crippen MR) is 164 cm³/mol. The number of amides is 1. The third-order valence-electron chi connectivity index (χ3n) is 8.21. The first-order valence-electron chi connectivity index (χ1n) is 14.8. The number of piperidine rings is 1. The number of rotatable bonds is 10. The van der Waals surface area contributed by atoms with Gasteiger partial charge in [-0.05, 0) is 57.0 Å². The Balaban J connectivity index is 1.08. The first kappa shape index (κ1) is 33.8. The van der Waals surface area contributed by atoms with E-state index in [1.165, 1.54) is 34.6 Å². The number of sulfonamides is 1. The van der Waals surface area contributed by atoms with Crippen molar-refractivity contribution in [1.82, 2.24) is 14.6 Å². The van der Waals surface area contributed by atoms with E-state index in [1.807, 2.05) is 0 Å². The maximum Gasteiger partial charge on any atom is 0.407 e. The molecule has 0 aliphatic carbocycles. The van der Waals surface area contributed by atoms with Gasteiger partial charge in [-0.25, -0.2) is 26.0 Å². The summed E-state index contributed by atoms with van der Waals surface area (Å²) < 4.78 is 83.6. The predicted octanol–water partition coefficient (Wildman–Crippen LogP) is 2.33. The van der Waals surface area contributed by atoms with Crippen LogP contribution in [0.4, 0.5) is 9.18 Å². The van der Waals surface area contributed by atoms with Crippen LogP contribution in [0.25, 0.3) is 10.9 Å². The van der Waals surface area contributed by atoms with Crippen LogP contribution in [0.3, 0.4) is 0 Å². The lowest BCUT2D eigenvalue weighted by Gasteiger charge is -2.37. The van der Waals surface area contributed by atoms with Gasteiger partial charge in [0.25, 0.3) is 0 Å². The summed E-state index contributed by atoms with van der Waals surface area (Å²) in [5, 5.41) is 12.1. The molecule has 2 saturated heterocycles. The molecule has 46 heavy (non-hydrogen) atoms. The second-order valence-electron chi connectivity index (χ2n) is 11.7. The van der Waals surface area contributed by atoms with E-state index in [2.05, 4.69) is 10.3 Å². The molecule has 3 N–H and O–H groups in total. The molecule has 16 heteroatoms. The van der Waals surface area contributed by atoms with Crippen molar-refractivity contribution in [2.45, 2.75) is 66.0 Å². The Labute approximate surface area is 265 Å². The summed E-state index contributed by atoms with van der Waals surface area (Å²) in [6, 6.07) is 9.83. The molecule has 2 atom stereocenters. The van der Waals surface area contributed by atoms with E-state index >= 15 is 0 Å². The van der Waals surface area contributed by atoms with Crippen LogP contribution in [-0.4, -0.2) is 93.2 Å². The summed E-state index contributed by atoms with van der Waals surface area (Å²) in [5.41, 5.74) is -1.56. The van der Waals surface area contributed by atoms with Crippen molar-refractivity contribution in [2.24, 2.45) is 0 Å². The highest BCUT2D eigenvalue weighted by Crippen LogP contribution is 2.38. The summed E-state index contributed by atoms with van der Waals surface area (Å²) >= 11 is 0. The number of H-pyrrole nitrogens is 1. The Hall–Kier alpha value is -3.57. The third kappa shape index (κ3) is 7.05. The minimum Gasteiger partial charge on any atom is -0.491 e. The van der Waals surface area contributed by atoms with Gasteiger partial charge in [-0.15, -0.1) is 0 Å². The van der Waals surface area contributed by atoms with Crippen LogP contribution >= 0.6 is 0 Å². The number of nitrogens with one attached hydrogen (secondary N) is 2. The normalized spacial score (nSPS) is 19.4. The maximum atomic E-state index is 14.0. The smallest absolute Gasteiger partial charge is 0.407 e. The number of carbonyl (C=O) groups excluding carboxylic acids is 1. The maximum absolute atomic E-state index is 14.0. The molecule has 2 aliphatic heterocycles. The van der Waals surface area contributed by atoms with E-state index in [0.29, 0.717) is 19.3 Å². The summed E-state index contributed by atoms with van der Waals surface area (Å²) in [4.78, 5) is 27.5. The van der Waals surface area contributed by atoms with E-state index in [9.17, 15) is 35.9 Å². The quantitative estimate of drug-likeness (QED) is 0.287. The number of aromatic amines is 1. The molecule has 0 saturated carbocycles. The fourth-order valence-corrected chi connectivity index (χ4v) is 8.13. The molecule has 13 nitrogen and oxygen atoms in total. The number of hydrogen-bond acceptors (Lipinski definition) is 10. The molecular formula is C30H36FN3O10S2. The van der Waals surface area contributed by atoms with Gasteiger partial charge in [0.1, 0.15) is 35.3 Å². The van der Waals surface area contributed by atoms with Gasteiger partial charge in [-0.3, -0.25) is 4.79 Å². The molecule has 250 valence electrons. The molecule has 2 fully saturated rings. The number of aliphatic hydroxyl groups is 1. The largest absolute Gasteiger partial charge is 0.491 e. The van der Waals surface area contributed by atoms with E-state index < -0.39 is 65.2 Å². The minimum atomic E-state index is -4.17. The standard InChI is InChI=1S/C30H36FN3O10S2/c1-19(2)45(38,39)23-6-3-5-21(13-23)42-17-20(35)15-33-29(37)44-22-14-30(43-18-22)9-11-34(12-10-30)46(40,41)26-16-32-27-24(28(26)36)7-4-8-25(27)31/h3-8,13,16,19-20,22,35H,9-12,14-15,17-18H2,1-2H3,(H,32,36)(H,33,37)/t20?,22-/m1/s1. The molecule has 2 aromatic carbocycles. The fourth-order valence-electron chi connectivity index (χ4n) is 5.55. The molecule has 1 amide bonds. The number of halogens is 1. The van der Waals surface area contributed by atoms with E-state index in [0.717, 1.165) is 6.20 Å². The minimum absolute atomic E-state index is 0.0588. The number of alkyl carbamates (subject to hydrolysis) is 1. The van der Waals surface area contributed by atoms with Crippen LogP contribution in [0.5, 0.6) is 5.75 Å². The van der Waals surface area contributed by atoms with E-state index in [-0.39, 0.29) is 54.4 Å². The second-order valence-corrected chi connectivity index (χ2v) is 16.1. The van der Waals surface area contributed by atoms with Gasteiger partial charge in [0.2, 0.25) is 15.5 Å². The summed E-state index contributed by atoms with van der Waals surface area (Å²) in [6.45, 7) is 3.01.